The van der Waals surface area contributed by atoms with Crippen molar-refractivity contribution in [1.82, 2.24) is 24.6 Å². The summed E-state index contributed by atoms with van der Waals surface area (Å²) in [5, 5.41) is 9.38. The molecule has 5 heterocycles. The molecule has 1 atom stereocenters. The minimum absolute atomic E-state index is 0.212. The van der Waals surface area contributed by atoms with Crippen molar-refractivity contribution in [1.29, 1.82) is 0 Å². The normalized spacial score (nSPS) is 19.7. The van der Waals surface area contributed by atoms with E-state index in [1.54, 1.807) is 23.9 Å². The van der Waals surface area contributed by atoms with Crippen LogP contribution in [0.3, 0.4) is 0 Å². The zero-order valence-corrected chi connectivity index (χ0v) is 29.1. The van der Waals surface area contributed by atoms with Crippen LogP contribution in [0, 0.1) is 17.0 Å². The van der Waals surface area contributed by atoms with E-state index in [-0.39, 0.29) is 17.7 Å². The summed E-state index contributed by atoms with van der Waals surface area (Å²) in [6.45, 7) is 7.69. The van der Waals surface area contributed by atoms with Crippen LogP contribution in [0.4, 0.5) is 36.2 Å². The van der Waals surface area contributed by atoms with Gasteiger partial charge in [0.25, 0.3) is 0 Å². The number of ether oxygens (including phenoxy) is 1. The zero-order valence-electron chi connectivity index (χ0n) is 29.1. The first-order chi connectivity index (χ1) is 24.1. The highest BCUT2D eigenvalue weighted by atomic mass is 19.2. The lowest BCUT2D eigenvalue weighted by atomic mass is 9.70. The minimum Gasteiger partial charge on any atom is -0.494 e. The van der Waals surface area contributed by atoms with E-state index >= 15 is 0 Å². The van der Waals surface area contributed by atoms with Crippen molar-refractivity contribution in [2.45, 2.75) is 57.5 Å². The molecule has 4 aromatic rings. The second kappa shape index (κ2) is 13.7. The number of halogens is 3. The standard InChI is InChI=1S/C37H45F3N8O2/c1-36(2,23-38)47-15-11-37(12-16-47)9-13-46(14-10-37)31-19-32(49-4)29(18-27(31)25-21-43-45(3)22-25)44-33-20-34(42-24-41-33)48-30(8-17-50-48)26-6-5-7-28(39)35(26)40/h5-7,18-22,24,30H,8-17,23H2,1-4H3,(H,41,42,44). The second-order valence-electron chi connectivity index (χ2n) is 14.4. The van der Waals surface area contributed by atoms with E-state index in [1.165, 1.54) is 17.5 Å². The van der Waals surface area contributed by atoms with E-state index < -0.39 is 23.2 Å². The topological polar surface area (TPSA) is 83.8 Å². The molecule has 0 radical (unpaired) electrons. The largest absolute Gasteiger partial charge is 0.494 e. The van der Waals surface area contributed by atoms with Gasteiger partial charge in [-0.2, -0.15) is 5.10 Å². The van der Waals surface area contributed by atoms with Crippen molar-refractivity contribution < 1.29 is 22.7 Å². The molecule has 10 nitrogen and oxygen atoms in total. The Kier molecular flexibility index (Phi) is 9.38. The summed E-state index contributed by atoms with van der Waals surface area (Å²) in [6, 6.07) is 9.48. The Morgan fingerprint density at radius 3 is 2.50 bits per heavy atom. The Morgan fingerprint density at radius 1 is 1.04 bits per heavy atom. The number of benzene rings is 2. The van der Waals surface area contributed by atoms with Gasteiger partial charge in [0.15, 0.2) is 17.5 Å². The summed E-state index contributed by atoms with van der Waals surface area (Å²) in [5.41, 5.74) is 3.84. The molecule has 2 aromatic heterocycles. The monoisotopic (exact) mass is 690 g/mol. The molecule has 0 bridgehead atoms. The molecule has 3 saturated heterocycles. The van der Waals surface area contributed by atoms with Crippen LogP contribution in [0.15, 0.2) is 55.1 Å². The number of piperidine rings is 2. The van der Waals surface area contributed by atoms with Gasteiger partial charge in [0.2, 0.25) is 0 Å². The van der Waals surface area contributed by atoms with E-state index in [9.17, 15) is 13.2 Å². The van der Waals surface area contributed by atoms with Crippen LogP contribution in [0.2, 0.25) is 0 Å². The zero-order chi connectivity index (χ0) is 35.0. The van der Waals surface area contributed by atoms with E-state index in [0.29, 0.717) is 36.1 Å². The Balaban J connectivity index is 1.14. The van der Waals surface area contributed by atoms with Crippen LogP contribution < -0.4 is 20.0 Å². The number of nitrogens with one attached hydrogen (secondary N) is 1. The fourth-order valence-corrected chi connectivity index (χ4v) is 7.71. The number of hydrogen-bond donors (Lipinski definition) is 1. The average Bonchev–Trinajstić information content (AvgIpc) is 3.80. The van der Waals surface area contributed by atoms with Crippen molar-refractivity contribution in [2.75, 3.05) is 61.9 Å². The molecular weight excluding hydrogens is 645 g/mol. The first-order valence-corrected chi connectivity index (χ1v) is 17.3. The highest BCUT2D eigenvalue weighted by molar-refractivity contribution is 5.85. The Bertz CT molecular complexity index is 1820. The van der Waals surface area contributed by atoms with Gasteiger partial charge >= 0.3 is 0 Å². The van der Waals surface area contributed by atoms with E-state index in [1.807, 2.05) is 33.3 Å². The summed E-state index contributed by atoms with van der Waals surface area (Å²) < 4.78 is 50.3. The van der Waals surface area contributed by atoms with Crippen LogP contribution >= 0.6 is 0 Å². The quantitative estimate of drug-likeness (QED) is 0.196. The van der Waals surface area contributed by atoms with Crippen molar-refractivity contribution >= 4 is 23.0 Å². The SMILES string of the molecule is COc1cc(N2CCC3(CC2)CCN(C(C)(C)CF)CC3)c(-c2cnn(C)c2)cc1Nc1cc(N2OCCC2c2cccc(F)c2F)ncn1. The number of anilines is 4. The van der Waals surface area contributed by atoms with Crippen molar-refractivity contribution in [3.8, 4) is 16.9 Å². The molecule has 0 amide bonds. The molecule has 50 heavy (non-hydrogen) atoms. The smallest absolute Gasteiger partial charge is 0.164 e. The summed E-state index contributed by atoms with van der Waals surface area (Å²) in [7, 11) is 3.55. The molecular formula is C37H45F3N8O2. The lowest BCUT2D eigenvalue weighted by molar-refractivity contribution is 0.0112. The molecule has 2 aromatic carbocycles. The van der Waals surface area contributed by atoms with Crippen LogP contribution in [0.25, 0.3) is 11.1 Å². The molecule has 1 unspecified atom stereocenters. The van der Waals surface area contributed by atoms with Gasteiger partial charge in [-0.25, -0.2) is 28.2 Å². The van der Waals surface area contributed by atoms with E-state index in [0.717, 1.165) is 74.7 Å². The van der Waals surface area contributed by atoms with Gasteiger partial charge in [0.1, 0.15) is 24.6 Å². The first kappa shape index (κ1) is 34.1. The van der Waals surface area contributed by atoms with Crippen LogP contribution in [-0.4, -0.2) is 76.8 Å². The van der Waals surface area contributed by atoms with E-state index in [2.05, 4.69) is 42.3 Å². The van der Waals surface area contributed by atoms with Crippen molar-refractivity contribution in [3.05, 3.63) is 72.3 Å². The number of nitrogens with zero attached hydrogens (tertiary/aromatic N) is 7. The summed E-state index contributed by atoms with van der Waals surface area (Å²) in [6.07, 6.45) is 10.1. The maximum Gasteiger partial charge on any atom is 0.164 e. The second-order valence-corrected chi connectivity index (χ2v) is 14.4. The third kappa shape index (κ3) is 6.60. The average molecular weight is 691 g/mol. The molecule has 0 saturated carbocycles. The third-order valence-corrected chi connectivity index (χ3v) is 10.9. The summed E-state index contributed by atoms with van der Waals surface area (Å²) in [4.78, 5) is 19.5. The number of alkyl halides is 1. The molecule has 7 rings (SSSR count). The number of aryl methyl sites for hydroxylation is 1. The van der Waals surface area contributed by atoms with Gasteiger partial charge in [0.05, 0.1) is 31.6 Å². The fraction of sp³-hybridized carbons (Fsp3) is 0.486. The van der Waals surface area contributed by atoms with Crippen LogP contribution in [0.5, 0.6) is 5.75 Å². The Labute approximate surface area is 291 Å². The highest BCUT2D eigenvalue weighted by Gasteiger charge is 2.41. The maximum absolute atomic E-state index is 14.8. The molecule has 266 valence electrons. The van der Waals surface area contributed by atoms with Gasteiger partial charge in [-0.1, -0.05) is 12.1 Å². The molecule has 0 aliphatic carbocycles. The first-order valence-electron chi connectivity index (χ1n) is 17.3. The predicted molar refractivity (Wildman–Crippen MR) is 187 cm³/mol. The Morgan fingerprint density at radius 2 is 1.80 bits per heavy atom. The predicted octanol–water partition coefficient (Wildman–Crippen LogP) is 7.22. The molecule has 13 heteroatoms. The molecule has 3 aliphatic rings. The van der Waals surface area contributed by atoms with Crippen LogP contribution in [0.1, 0.15) is 57.6 Å². The fourth-order valence-electron chi connectivity index (χ4n) is 7.71. The number of likely N-dealkylation sites (tertiary alicyclic amines) is 1. The Hall–Kier alpha value is -4.36. The van der Waals surface area contributed by atoms with E-state index in [4.69, 9.17) is 9.57 Å². The minimum atomic E-state index is -0.900. The third-order valence-electron chi connectivity index (χ3n) is 10.9. The van der Waals surface area contributed by atoms with Gasteiger partial charge < -0.3 is 15.0 Å². The number of hydroxylamine groups is 1. The summed E-state index contributed by atoms with van der Waals surface area (Å²) in [5.74, 6) is -0.248. The van der Waals surface area contributed by atoms with Crippen molar-refractivity contribution in [2.24, 2.45) is 12.5 Å². The molecule has 3 aliphatic heterocycles. The van der Waals surface area contributed by atoms with Gasteiger partial charge in [-0.05, 0) is 70.2 Å². The highest BCUT2D eigenvalue weighted by Crippen LogP contribution is 2.47. The number of aromatic nitrogens is 4. The lowest BCUT2D eigenvalue weighted by Gasteiger charge is -2.50. The van der Waals surface area contributed by atoms with Gasteiger partial charge in [-0.15, -0.1) is 0 Å². The summed E-state index contributed by atoms with van der Waals surface area (Å²) >= 11 is 0. The molecule has 1 N–H and O–H groups in total. The van der Waals surface area contributed by atoms with Crippen molar-refractivity contribution in [3.63, 3.8) is 0 Å². The van der Waals surface area contributed by atoms with Gasteiger partial charge in [0, 0.05) is 72.8 Å². The number of hydrogen-bond acceptors (Lipinski definition) is 9. The number of methoxy groups -OCH3 is 1. The maximum atomic E-state index is 14.8. The number of rotatable bonds is 9. The van der Waals surface area contributed by atoms with Gasteiger partial charge in [-0.3, -0.25) is 14.4 Å². The molecule has 3 fully saturated rings. The van der Waals surface area contributed by atoms with Crippen LogP contribution in [-0.2, 0) is 11.9 Å². The molecule has 1 spiro atoms. The lowest BCUT2D eigenvalue weighted by Crippen LogP contribution is -2.53.